The highest BCUT2D eigenvalue weighted by atomic mass is 19.1. The molecule has 0 fully saturated rings. The summed E-state index contributed by atoms with van der Waals surface area (Å²) in [5.41, 5.74) is 0.826. The third kappa shape index (κ3) is 5.04. The van der Waals surface area contributed by atoms with Crippen LogP contribution >= 0.6 is 0 Å². The second kappa shape index (κ2) is 8.63. The van der Waals surface area contributed by atoms with Gasteiger partial charge in [0.1, 0.15) is 11.6 Å². The first kappa shape index (κ1) is 18.8. The molecule has 0 spiro atoms. The topological polar surface area (TPSA) is 82.3 Å². The van der Waals surface area contributed by atoms with E-state index in [1.54, 1.807) is 30.3 Å². The normalized spacial score (nSPS) is 10.1. The number of amides is 4. The minimum absolute atomic E-state index is 0.0403. The van der Waals surface area contributed by atoms with Crippen LogP contribution in [0, 0.1) is 11.6 Å². The summed E-state index contributed by atoms with van der Waals surface area (Å²) in [7, 11) is 0. The van der Waals surface area contributed by atoms with Crippen LogP contribution in [0.25, 0.3) is 0 Å². The zero-order valence-electron chi connectivity index (χ0n) is 14.5. The van der Waals surface area contributed by atoms with Crippen LogP contribution in [0.1, 0.15) is 0 Å². The van der Waals surface area contributed by atoms with Gasteiger partial charge < -0.3 is 21.3 Å². The molecular formula is C20H16F2N4O2. The number of nitrogens with one attached hydrogen (secondary N) is 4. The summed E-state index contributed by atoms with van der Waals surface area (Å²) < 4.78 is 27.2. The number of carbonyl (C=O) groups is 2. The molecule has 0 aliphatic carbocycles. The molecule has 0 unspecified atom stereocenters. The van der Waals surface area contributed by atoms with E-state index in [9.17, 15) is 18.4 Å². The highest BCUT2D eigenvalue weighted by molar-refractivity contribution is 6.02. The van der Waals surface area contributed by atoms with Gasteiger partial charge in [0, 0.05) is 11.4 Å². The van der Waals surface area contributed by atoms with E-state index in [-0.39, 0.29) is 11.4 Å². The van der Waals surface area contributed by atoms with Gasteiger partial charge in [0.2, 0.25) is 0 Å². The summed E-state index contributed by atoms with van der Waals surface area (Å²) in [5, 5.41) is 9.87. The van der Waals surface area contributed by atoms with E-state index < -0.39 is 23.7 Å². The lowest BCUT2D eigenvalue weighted by Crippen LogP contribution is -2.21. The van der Waals surface area contributed by atoms with E-state index in [0.29, 0.717) is 11.4 Å². The fraction of sp³-hybridized carbons (Fsp3) is 0. The fourth-order valence-electron chi connectivity index (χ4n) is 2.37. The largest absolute Gasteiger partial charge is 0.323 e. The smallest absolute Gasteiger partial charge is 0.308 e. The van der Waals surface area contributed by atoms with Crippen LogP contribution in [0.15, 0.2) is 72.8 Å². The van der Waals surface area contributed by atoms with Crippen molar-refractivity contribution >= 4 is 34.8 Å². The highest BCUT2D eigenvalue weighted by Gasteiger charge is 2.09. The fourth-order valence-corrected chi connectivity index (χ4v) is 2.37. The molecule has 3 aromatic carbocycles. The molecule has 4 amide bonds. The van der Waals surface area contributed by atoms with Crippen LogP contribution in [0.2, 0.25) is 0 Å². The molecule has 4 N–H and O–H groups in total. The van der Waals surface area contributed by atoms with Gasteiger partial charge in [0.05, 0.1) is 11.4 Å². The average Bonchev–Trinajstić information content (AvgIpc) is 2.66. The van der Waals surface area contributed by atoms with Gasteiger partial charge in [0.15, 0.2) is 0 Å². The zero-order chi connectivity index (χ0) is 19.9. The minimum atomic E-state index is -0.641. The monoisotopic (exact) mass is 382 g/mol. The lowest BCUT2D eigenvalue weighted by atomic mass is 10.2. The summed E-state index contributed by atoms with van der Waals surface area (Å²) in [6.45, 7) is 0. The summed E-state index contributed by atoms with van der Waals surface area (Å²) in [4.78, 5) is 24.0. The van der Waals surface area contributed by atoms with Crippen molar-refractivity contribution in [2.24, 2.45) is 0 Å². The Balaban J connectivity index is 1.60. The predicted molar refractivity (Wildman–Crippen MR) is 105 cm³/mol. The van der Waals surface area contributed by atoms with Crippen molar-refractivity contribution in [2.75, 3.05) is 21.3 Å². The second-order valence-electron chi connectivity index (χ2n) is 5.70. The molecule has 6 nitrogen and oxygen atoms in total. The van der Waals surface area contributed by atoms with E-state index in [2.05, 4.69) is 21.3 Å². The molecule has 3 rings (SSSR count). The molecule has 142 valence electrons. The lowest BCUT2D eigenvalue weighted by molar-refractivity contribution is 0.261. The van der Waals surface area contributed by atoms with Gasteiger partial charge in [-0.05, 0) is 42.5 Å². The Bertz CT molecular complexity index is 934. The molecule has 0 atom stereocenters. The number of urea groups is 2. The Kier molecular flexibility index (Phi) is 5.81. The third-order valence-electron chi connectivity index (χ3n) is 3.62. The molecule has 3 aromatic rings. The number of anilines is 4. The molecule has 8 heteroatoms. The molecule has 0 saturated heterocycles. The maximum Gasteiger partial charge on any atom is 0.323 e. The van der Waals surface area contributed by atoms with E-state index in [0.717, 1.165) is 0 Å². The van der Waals surface area contributed by atoms with Gasteiger partial charge in [0.25, 0.3) is 0 Å². The highest BCUT2D eigenvalue weighted by Crippen LogP contribution is 2.18. The third-order valence-corrected chi connectivity index (χ3v) is 3.62. The number of hydrogen-bond acceptors (Lipinski definition) is 2. The maximum atomic E-state index is 13.6. The molecule has 0 bridgehead atoms. The van der Waals surface area contributed by atoms with Crippen molar-refractivity contribution in [1.82, 2.24) is 0 Å². The first-order valence-electron chi connectivity index (χ1n) is 8.26. The van der Waals surface area contributed by atoms with Gasteiger partial charge in [-0.1, -0.05) is 30.3 Å². The van der Waals surface area contributed by atoms with Crippen molar-refractivity contribution in [1.29, 1.82) is 0 Å². The Morgan fingerprint density at radius 2 is 1.00 bits per heavy atom. The zero-order valence-corrected chi connectivity index (χ0v) is 14.5. The van der Waals surface area contributed by atoms with Gasteiger partial charge in [-0.15, -0.1) is 0 Å². The Morgan fingerprint density at radius 3 is 1.43 bits per heavy atom. The van der Waals surface area contributed by atoms with Gasteiger partial charge >= 0.3 is 12.1 Å². The number of rotatable bonds is 4. The molecule has 0 aromatic heterocycles. The van der Waals surface area contributed by atoms with Crippen LogP contribution in [0.4, 0.5) is 41.1 Å². The minimum Gasteiger partial charge on any atom is -0.308 e. The predicted octanol–water partition coefficient (Wildman–Crippen LogP) is 5.25. The number of carbonyl (C=O) groups excluding carboxylic acids is 2. The van der Waals surface area contributed by atoms with Gasteiger partial charge in [-0.25, -0.2) is 18.4 Å². The number of hydrogen-bond donors (Lipinski definition) is 4. The number of para-hydroxylation sites is 2. The number of halogens is 2. The quantitative estimate of drug-likeness (QED) is 0.497. The summed E-state index contributed by atoms with van der Waals surface area (Å²) in [5.74, 6) is -1.12. The van der Waals surface area contributed by atoms with Crippen molar-refractivity contribution in [2.45, 2.75) is 0 Å². The molecular weight excluding hydrogens is 366 g/mol. The van der Waals surface area contributed by atoms with Gasteiger partial charge in [-0.3, -0.25) is 0 Å². The molecule has 0 heterocycles. The summed E-state index contributed by atoms with van der Waals surface area (Å²) in [6.07, 6.45) is 0. The average molecular weight is 382 g/mol. The molecule has 0 radical (unpaired) electrons. The summed E-state index contributed by atoms with van der Waals surface area (Å²) in [6, 6.07) is 16.6. The van der Waals surface area contributed by atoms with Crippen molar-refractivity contribution in [3.8, 4) is 0 Å². The van der Waals surface area contributed by atoms with Crippen LogP contribution in [0.3, 0.4) is 0 Å². The van der Waals surface area contributed by atoms with Crippen molar-refractivity contribution < 1.29 is 18.4 Å². The summed E-state index contributed by atoms with van der Waals surface area (Å²) >= 11 is 0. The second-order valence-corrected chi connectivity index (χ2v) is 5.70. The molecule has 0 aliphatic rings. The number of benzene rings is 3. The van der Waals surface area contributed by atoms with Crippen LogP contribution in [0.5, 0.6) is 0 Å². The Hall–Kier alpha value is -3.94. The van der Waals surface area contributed by atoms with Crippen molar-refractivity contribution in [3.05, 3.63) is 84.4 Å². The molecule has 28 heavy (non-hydrogen) atoms. The molecule has 0 aliphatic heterocycles. The maximum absolute atomic E-state index is 13.6. The van der Waals surface area contributed by atoms with E-state index in [1.165, 1.54) is 42.5 Å². The SMILES string of the molecule is O=C(Nc1cccc(NC(=O)Nc2ccccc2F)c1)Nc1ccccc1F. The van der Waals surface area contributed by atoms with E-state index in [1.807, 2.05) is 0 Å². The lowest BCUT2D eigenvalue weighted by Gasteiger charge is -2.11. The van der Waals surface area contributed by atoms with E-state index >= 15 is 0 Å². The first-order valence-corrected chi connectivity index (χ1v) is 8.26. The van der Waals surface area contributed by atoms with Crippen molar-refractivity contribution in [3.63, 3.8) is 0 Å². The van der Waals surface area contributed by atoms with Crippen LogP contribution < -0.4 is 21.3 Å². The van der Waals surface area contributed by atoms with Crippen LogP contribution in [-0.2, 0) is 0 Å². The first-order chi connectivity index (χ1) is 13.5. The van der Waals surface area contributed by atoms with Crippen LogP contribution in [-0.4, -0.2) is 12.1 Å². The van der Waals surface area contributed by atoms with Gasteiger partial charge in [-0.2, -0.15) is 0 Å². The standard InChI is InChI=1S/C20H16F2N4O2/c21-15-8-1-3-10-17(15)25-19(27)23-13-6-5-7-14(12-13)24-20(28)26-18-11-4-2-9-16(18)22/h1-12H,(H2,23,25,27)(H2,24,26,28). The molecule has 0 saturated carbocycles. The van der Waals surface area contributed by atoms with E-state index in [4.69, 9.17) is 0 Å². The Morgan fingerprint density at radius 1 is 0.571 bits per heavy atom. The Labute approximate surface area is 159 Å².